The number of hydrogen-bond acceptors (Lipinski definition) is 3. The van der Waals surface area contributed by atoms with Gasteiger partial charge < -0.3 is 11.5 Å². The first-order valence-corrected chi connectivity index (χ1v) is 6.60. The van der Waals surface area contributed by atoms with Crippen molar-refractivity contribution in [3.05, 3.63) is 23.8 Å². The summed E-state index contributed by atoms with van der Waals surface area (Å²) in [5.74, 6) is 0. The SMILES string of the molecule is Nc1ccc(CC(Br)N2CCCC2)cc1N. The topological polar surface area (TPSA) is 55.3 Å². The van der Waals surface area contributed by atoms with Gasteiger partial charge >= 0.3 is 0 Å². The van der Waals surface area contributed by atoms with Crippen LogP contribution in [0.3, 0.4) is 0 Å². The lowest BCUT2D eigenvalue weighted by Gasteiger charge is -2.22. The highest BCUT2D eigenvalue weighted by molar-refractivity contribution is 9.09. The fourth-order valence-corrected chi connectivity index (χ4v) is 2.88. The van der Waals surface area contributed by atoms with Crippen LogP contribution in [0.1, 0.15) is 18.4 Å². The summed E-state index contributed by atoms with van der Waals surface area (Å²) < 4.78 is 0. The van der Waals surface area contributed by atoms with Crippen LogP contribution in [0, 0.1) is 0 Å². The molecule has 2 rings (SSSR count). The molecule has 3 nitrogen and oxygen atoms in total. The molecule has 0 radical (unpaired) electrons. The Morgan fingerprint density at radius 1 is 1.19 bits per heavy atom. The Hall–Kier alpha value is -0.740. The lowest BCUT2D eigenvalue weighted by molar-refractivity contribution is 0.321. The molecule has 0 amide bonds. The lowest BCUT2D eigenvalue weighted by atomic mass is 10.1. The second kappa shape index (κ2) is 5.06. The maximum absolute atomic E-state index is 5.80. The Morgan fingerprint density at radius 3 is 2.50 bits per heavy atom. The zero-order valence-corrected chi connectivity index (χ0v) is 10.9. The summed E-state index contributed by atoms with van der Waals surface area (Å²) in [4.78, 5) is 2.88. The summed E-state index contributed by atoms with van der Waals surface area (Å²) in [6.45, 7) is 2.39. The van der Waals surface area contributed by atoms with Crippen LogP contribution in [0.2, 0.25) is 0 Å². The van der Waals surface area contributed by atoms with Gasteiger partial charge in [-0.05, 0) is 50.0 Å². The molecule has 0 aliphatic carbocycles. The van der Waals surface area contributed by atoms with Crippen LogP contribution in [0.25, 0.3) is 0 Å². The van der Waals surface area contributed by atoms with Crippen molar-refractivity contribution < 1.29 is 0 Å². The molecule has 1 aliphatic heterocycles. The Bertz CT molecular complexity index is 361. The molecule has 16 heavy (non-hydrogen) atoms. The fourth-order valence-electron chi connectivity index (χ4n) is 2.10. The summed E-state index contributed by atoms with van der Waals surface area (Å²) in [5.41, 5.74) is 14.1. The summed E-state index contributed by atoms with van der Waals surface area (Å²) >= 11 is 3.74. The number of halogens is 1. The molecule has 1 aromatic carbocycles. The second-order valence-electron chi connectivity index (χ2n) is 4.34. The second-order valence-corrected chi connectivity index (χ2v) is 5.40. The Kier molecular flexibility index (Phi) is 3.71. The molecule has 1 saturated heterocycles. The van der Waals surface area contributed by atoms with Crippen LogP contribution in [-0.4, -0.2) is 22.9 Å². The first-order valence-electron chi connectivity index (χ1n) is 5.69. The quantitative estimate of drug-likeness (QED) is 0.508. The molecule has 0 aromatic heterocycles. The van der Waals surface area contributed by atoms with E-state index in [1.54, 1.807) is 0 Å². The van der Waals surface area contributed by atoms with Crippen molar-refractivity contribution in [3.8, 4) is 0 Å². The van der Waals surface area contributed by atoms with Crippen molar-refractivity contribution in [2.24, 2.45) is 0 Å². The van der Waals surface area contributed by atoms with Crippen molar-refractivity contribution in [1.82, 2.24) is 4.90 Å². The van der Waals surface area contributed by atoms with Crippen LogP contribution < -0.4 is 11.5 Å². The first-order chi connectivity index (χ1) is 7.66. The molecular weight excluding hydrogens is 266 g/mol. The molecule has 0 bridgehead atoms. The minimum Gasteiger partial charge on any atom is -0.397 e. The van der Waals surface area contributed by atoms with Gasteiger partial charge in [-0.3, -0.25) is 4.90 Å². The zero-order valence-electron chi connectivity index (χ0n) is 9.32. The maximum Gasteiger partial charge on any atom is 0.0696 e. The standard InChI is InChI=1S/C12H18BrN3/c13-12(16-5-1-2-6-16)8-9-3-4-10(14)11(15)7-9/h3-4,7,12H,1-2,5-6,8,14-15H2. The van der Waals surface area contributed by atoms with E-state index in [9.17, 15) is 0 Å². The molecule has 1 unspecified atom stereocenters. The highest BCUT2D eigenvalue weighted by atomic mass is 79.9. The first kappa shape index (κ1) is 11.7. The number of nitrogen functional groups attached to an aromatic ring is 2. The maximum atomic E-state index is 5.80. The van der Waals surface area contributed by atoms with Crippen LogP contribution in [0.5, 0.6) is 0 Å². The number of alkyl halides is 1. The van der Waals surface area contributed by atoms with Crippen molar-refractivity contribution in [3.63, 3.8) is 0 Å². The highest BCUT2D eigenvalue weighted by Gasteiger charge is 2.19. The Labute approximate surface area is 105 Å². The van der Waals surface area contributed by atoms with E-state index in [0.717, 1.165) is 6.42 Å². The van der Waals surface area contributed by atoms with Crippen LogP contribution >= 0.6 is 15.9 Å². The van der Waals surface area contributed by atoms with E-state index >= 15 is 0 Å². The van der Waals surface area contributed by atoms with Crippen molar-refractivity contribution in [1.29, 1.82) is 0 Å². The van der Waals surface area contributed by atoms with Gasteiger partial charge in [0.1, 0.15) is 0 Å². The number of nitrogens with two attached hydrogens (primary N) is 2. The summed E-state index contributed by atoms with van der Waals surface area (Å²) in [7, 11) is 0. The highest BCUT2D eigenvalue weighted by Crippen LogP contribution is 2.22. The number of anilines is 2. The normalized spacial score (nSPS) is 18.8. The van der Waals surface area contributed by atoms with Gasteiger partial charge in [-0.1, -0.05) is 22.0 Å². The largest absolute Gasteiger partial charge is 0.397 e. The molecular formula is C12H18BrN3. The van der Waals surface area contributed by atoms with E-state index in [-0.39, 0.29) is 0 Å². The van der Waals surface area contributed by atoms with Crippen molar-refractivity contribution in [2.45, 2.75) is 24.2 Å². The molecule has 0 saturated carbocycles. The van der Waals surface area contributed by atoms with E-state index in [4.69, 9.17) is 11.5 Å². The minimum atomic E-state index is 0.415. The third kappa shape index (κ3) is 2.68. The minimum absolute atomic E-state index is 0.415. The molecule has 1 heterocycles. The van der Waals surface area contributed by atoms with E-state index in [1.165, 1.54) is 31.5 Å². The number of benzene rings is 1. The fraction of sp³-hybridized carbons (Fsp3) is 0.500. The molecule has 1 atom stereocenters. The lowest BCUT2D eigenvalue weighted by Crippen LogP contribution is -2.29. The van der Waals surface area contributed by atoms with Crippen LogP contribution in [-0.2, 0) is 6.42 Å². The molecule has 1 fully saturated rings. The van der Waals surface area contributed by atoms with E-state index in [2.05, 4.69) is 26.9 Å². The van der Waals surface area contributed by atoms with Gasteiger partial charge in [0, 0.05) is 0 Å². The third-order valence-corrected chi connectivity index (χ3v) is 4.00. The number of nitrogens with zero attached hydrogens (tertiary/aromatic N) is 1. The predicted molar refractivity (Wildman–Crippen MR) is 72.5 cm³/mol. The molecule has 4 N–H and O–H groups in total. The van der Waals surface area contributed by atoms with Crippen LogP contribution in [0.4, 0.5) is 11.4 Å². The summed E-state index contributed by atoms with van der Waals surface area (Å²) in [6, 6.07) is 5.91. The van der Waals surface area contributed by atoms with Gasteiger partial charge in [0.25, 0.3) is 0 Å². The Morgan fingerprint density at radius 2 is 1.88 bits per heavy atom. The van der Waals surface area contributed by atoms with Gasteiger partial charge in [-0.25, -0.2) is 0 Å². The van der Waals surface area contributed by atoms with Crippen molar-refractivity contribution in [2.75, 3.05) is 24.6 Å². The molecule has 0 spiro atoms. The smallest absolute Gasteiger partial charge is 0.0696 e. The molecule has 88 valence electrons. The van der Waals surface area contributed by atoms with Gasteiger partial charge in [-0.15, -0.1) is 0 Å². The van der Waals surface area contributed by atoms with E-state index in [1.807, 2.05) is 12.1 Å². The van der Waals surface area contributed by atoms with Gasteiger partial charge in [0.15, 0.2) is 0 Å². The van der Waals surface area contributed by atoms with E-state index in [0.29, 0.717) is 16.3 Å². The summed E-state index contributed by atoms with van der Waals surface area (Å²) in [5, 5.41) is 0. The van der Waals surface area contributed by atoms with Crippen molar-refractivity contribution >= 4 is 27.3 Å². The van der Waals surface area contributed by atoms with E-state index < -0.39 is 0 Å². The zero-order chi connectivity index (χ0) is 11.5. The average molecular weight is 284 g/mol. The number of rotatable bonds is 3. The molecule has 1 aromatic rings. The average Bonchev–Trinajstić information content (AvgIpc) is 2.77. The predicted octanol–water partition coefficient (Wildman–Crippen LogP) is 2.21. The molecule has 4 heteroatoms. The monoisotopic (exact) mass is 283 g/mol. The van der Waals surface area contributed by atoms with Gasteiger partial charge in [0.2, 0.25) is 0 Å². The summed E-state index contributed by atoms with van der Waals surface area (Å²) in [6.07, 6.45) is 3.60. The van der Waals surface area contributed by atoms with Gasteiger partial charge in [0.05, 0.1) is 16.3 Å². The third-order valence-electron chi connectivity index (χ3n) is 3.09. The Balaban J connectivity index is 1.99. The van der Waals surface area contributed by atoms with Crippen LogP contribution in [0.15, 0.2) is 18.2 Å². The number of hydrogen-bond donors (Lipinski definition) is 2. The van der Waals surface area contributed by atoms with Gasteiger partial charge in [-0.2, -0.15) is 0 Å². The number of likely N-dealkylation sites (tertiary alicyclic amines) is 1. The molecule has 1 aliphatic rings.